The van der Waals surface area contributed by atoms with E-state index in [-0.39, 0.29) is 30.2 Å². The van der Waals surface area contributed by atoms with Crippen molar-refractivity contribution in [1.82, 2.24) is 20.9 Å². The van der Waals surface area contributed by atoms with Gasteiger partial charge in [-0.2, -0.15) is 0 Å². The topological polar surface area (TPSA) is 122 Å². The van der Waals surface area contributed by atoms with Crippen LogP contribution in [0.3, 0.4) is 0 Å². The number of carbonyl (C=O) groups excluding carboxylic acids is 3. The van der Waals surface area contributed by atoms with Crippen LogP contribution in [0.15, 0.2) is 48.5 Å². The number of alkyl carbamates (subject to hydrolysis) is 2. The van der Waals surface area contributed by atoms with Crippen LogP contribution in [0.4, 0.5) is 14.0 Å². The third-order valence-electron chi connectivity index (χ3n) is 6.61. The van der Waals surface area contributed by atoms with Crippen LogP contribution < -0.4 is 16.0 Å². The standard InChI is InChI=1S/C33H45FN4O5/c1-20(2)26(38-31(41)43-33(6,7)8)16-14-25(36-30(40)42-32(3,4)5)19-35-29(39)28-18-23-17-22(11-15-27(23)37-28)21-9-12-24(34)13-10-21/h9-13,15,17-18,20,25-26,37H,14,16,19H2,1-8H3,(H,35,39)(H,36,40)(H,38,41)/t25-,26?/m0/s1. The Morgan fingerprint density at radius 3 is 1.98 bits per heavy atom. The third-order valence-corrected chi connectivity index (χ3v) is 6.61. The second-order valence-electron chi connectivity index (χ2n) is 13.1. The molecule has 1 heterocycles. The minimum atomic E-state index is -0.687. The van der Waals surface area contributed by atoms with Crippen molar-refractivity contribution >= 4 is 29.0 Å². The lowest BCUT2D eigenvalue weighted by atomic mass is 9.97. The number of benzene rings is 2. The molecule has 2 aromatic carbocycles. The summed E-state index contributed by atoms with van der Waals surface area (Å²) < 4.78 is 24.2. The molecule has 0 fully saturated rings. The molecule has 0 aliphatic carbocycles. The number of rotatable bonds is 10. The highest BCUT2D eigenvalue weighted by Crippen LogP contribution is 2.25. The van der Waals surface area contributed by atoms with Crippen molar-refractivity contribution in [2.24, 2.45) is 5.92 Å². The molecule has 0 saturated carbocycles. The highest BCUT2D eigenvalue weighted by Gasteiger charge is 2.25. The van der Waals surface area contributed by atoms with Gasteiger partial charge in [-0.15, -0.1) is 0 Å². The summed E-state index contributed by atoms with van der Waals surface area (Å²) >= 11 is 0. The van der Waals surface area contributed by atoms with Crippen LogP contribution in [-0.4, -0.2) is 52.9 Å². The fourth-order valence-corrected chi connectivity index (χ4v) is 4.50. The molecule has 4 N–H and O–H groups in total. The smallest absolute Gasteiger partial charge is 0.407 e. The lowest BCUT2D eigenvalue weighted by molar-refractivity contribution is 0.0463. The molecule has 3 aromatic rings. The van der Waals surface area contributed by atoms with Gasteiger partial charge < -0.3 is 30.4 Å². The minimum absolute atomic E-state index is 0.107. The monoisotopic (exact) mass is 596 g/mol. The summed E-state index contributed by atoms with van der Waals surface area (Å²) in [4.78, 5) is 41.3. The number of amides is 3. The van der Waals surface area contributed by atoms with Gasteiger partial charge in [-0.1, -0.05) is 32.0 Å². The van der Waals surface area contributed by atoms with Gasteiger partial charge in [0, 0.05) is 29.5 Å². The molecule has 1 aromatic heterocycles. The molecule has 234 valence electrons. The Hall–Kier alpha value is -4.08. The van der Waals surface area contributed by atoms with Crippen molar-refractivity contribution in [2.45, 2.75) is 91.5 Å². The van der Waals surface area contributed by atoms with Crippen molar-refractivity contribution in [3.8, 4) is 11.1 Å². The van der Waals surface area contributed by atoms with Crippen molar-refractivity contribution in [3.05, 3.63) is 60.0 Å². The Balaban J connectivity index is 1.69. The number of nitrogens with one attached hydrogen (secondary N) is 4. The van der Waals surface area contributed by atoms with Crippen LogP contribution in [0.25, 0.3) is 22.0 Å². The number of hydrogen-bond acceptors (Lipinski definition) is 5. The maximum Gasteiger partial charge on any atom is 0.407 e. The maximum atomic E-state index is 13.3. The number of H-pyrrole nitrogens is 1. The average Bonchev–Trinajstić information content (AvgIpc) is 3.31. The first-order chi connectivity index (χ1) is 20.0. The second-order valence-corrected chi connectivity index (χ2v) is 13.1. The van der Waals surface area contributed by atoms with Gasteiger partial charge in [-0.3, -0.25) is 4.79 Å². The van der Waals surface area contributed by atoms with Gasteiger partial charge in [0.25, 0.3) is 5.91 Å². The quantitative estimate of drug-likeness (QED) is 0.202. The first-order valence-electron chi connectivity index (χ1n) is 14.6. The summed E-state index contributed by atoms with van der Waals surface area (Å²) in [6.07, 6.45) is -0.0954. The number of ether oxygens (including phenoxy) is 2. The molecule has 0 radical (unpaired) electrons. The number of halogens is 1. The van der Waals surface area contributed by atoms with Crippen molar-refractivity contribution in [3.63, 3.8) is 0 Å². The van der Waals surface area contributed by atoms with Gasteiger partial charge in [0.15, 0.2) is 0 Å². The van der Waals surface area contributed by atoms with Gasteiger partial charge in [0.2, 0.25) is 0 Å². The molecule has 0 bridgehead atoms. The molecular weight excluding hydrogens is 551 g/mol. The molecule has 0 saturated heterocycles. The molecule has 10 heteroatoms. The largest absolute Gasteiger partial charge is 0.444 e. The lowest BCUT2D eigenvalue weighted by Crippen LogP contribution is -2.47. The SMILES string of the molecule is CC(C)C(CC[C@@H](CNC(=O)c1cc2cc(-c3ccc(F)cc3)ccc2[nH]1)NC(=O)OC(C)(C)C)NC(=O)OC(C)(C)C. The van der Waals surface area contributed by atoms with E-state index < -0.39 is 29.4 Å². The van der Waals surface area contributed by atoms with E-state index in [0.29, 0.717) is 18.5 Å². The van der Waals surface area contributed by atoms with Crippen LogP contribution >= 0.6 is 0 Å². The molecule has 0 spiro atoms. The molecule has 2 atom stereocenters. The fourth-order valence-electron chi connectivity index (χ4n) is 4.50. The maximum absolute atomic E-state index is 13.3. The van der Waals surface area contributed by atoms with Crippen LogP contribution in [0, 0.1) is 11.7 Å². The predicted molar refractivity (Wildman–Crippen MR) is 166 cm³/mol. The van der Waals surface area contributed by atoms with Gasteiger partial charge in [-0.05, 0) is 102 Å². The van der Waals surface area contributed by atoms with Crippen LogP contribution in [0.2, 0.25) is 0 Å². The Bertz CT molecular complexity index is 1400. The van der Waals surface area contributed by atoms with E-state index in [1.165, 1.54) is 12.1 Å². The average molecular weight is 597 g/mol. The summed E-state index contributed by atoms with van der Waals surface area (Å²) in [5.41, 5.74) is 1.61. The highest BCUT2D eigenvalue weighted by atomic mass is 19.1. The van der Waals surface area contributed by atoms with Gasteiger partial charge in [0.05, 0.1) is 0 Å². The van der Waals surface area contributed by atoms with Crippen molar-refractivity contribution < 1.29 is 28.2 Å². The number of aromatic nitrogens is 1. The zero-order valence-corrected chi connectivity index (χ0v) is 26.4. The third kappa shape index (κ3) is 10.9. The van der Waals surface area contributed by atoms with Crippen LogP contribution in [0.5, 0.6) is 0 Å². The van der Waals surface area contributed by atoms with E-state index >= 15 is 0 Å². The first-order valence-corrected chi connectivity index (χ1v) is 14.6. The Morgan fingerprint density at radius 2 is 1.40 bits per heavy atom. The number of fused-ring (bicyclic) bond motifs is 1. The Morgan fingerprint density at radius 1 is 0.814 bits per heavy atom. The predicted octanol–water partition coefficient (Wildman–Crippen LogP) is 6.93. The summed E-state index contributed by atoms with van der Waals surface area (Å²) in [6, 6.07) is 13.0. The molecule has 1 unspecified atom stereocenters. The highest BCUT2D eigenvalue weighted by molar-refractivity contribution is 5.99. The summed E-state index contributed by atoms with van der Waals surface area (Å²) in [7, 11) is 0. The van der Waals surface area contributed by atoms with E-state index in [4.69, 9.17) is 9.47 Å². The van der Waals surface area contributed by atoms with E-state index in [0.717, 1.165) is 22.0 Å². The molecular formula is C33H45FN4O5. The van der Waals surface area contributed by atoms with E-state index in [9.17, 15) is 18.8 Å². The molecule has 9 nitrogen and oxygen atoms in total. The normalized spacial score (nSPS) is 13.3. The molecule has 3 amide bonds. The van der Waals surface area contributed by atoms with Crippen molar-refractivity contribution in [2.75, 3.05) is 6.54 Å². The molecule has 3 rings (SSSR count). The van der Waals surface area contributed by atoms with E-state index in [1.54, 1.807) is 59.7 Å². The summed E-state index contributed by atoms with van der Waals surface area (Å²) in [5, 5.41) is 9.54. The van der Waals surface area contributed by atoms with Gasteiger partial charge >= 0.3 is 12.2 Å². The fraction of sp³-hybridized carbons (Fsp3) is 0.485. The van der Waals surface area contributed by atoms with Crippen LogP contribution in [0.1, 0.15) is 78.7 Å². The van der Waals surface area contributed by atoms with Gasteiger partial charge in [0.1, 0.15) is 22.7 Å². The number of hydrogen-bond donors (Lipinski definition) is 4. The van der Waals surface area contributed by atoms with E-state index in [1.807, 2.05) is 32.0 Å². The van der Waals surface area contributed by atoms with E-state index in [2.05, 4.69) is 20.9 Å². The van der Waals surface area contributed by atoms with Gasteiger partial charge in [-0.25, -0.2) is 14.0 Å². The summed E-state index contributed by atoms with van der Waals surface area (Å²) in [6.45, 7) is 14.9. The zero-order valence-electron chi connectivity index (χ0n) is 26.4. The molecule has 0 aliphatic rings. The molecule has 0 aliphatic heterocycles. The Labute approximate surface area is 253 Å². The van der Waals surface area contributed by atoms with Crippen LogP contribution in [-0.2, 0) is 9.47 Å². The second kappa shape index (κ2) is 13.9. The lowest BCUT2D eigenvalue weighted by Gasteiger charge is -2.28. The van der Waals surface area contributed by atoms with Crippen molar-refractivity contribution in [1.29, 1.82) is 0 Å². The first kappa shape index (κ1) is 33.4. The Kier molecular flexibility index (Phi) is 10.8. The zero-order chi connectivity index (χ0) is 31.9. The number of carbonyl (C=O) groups is 3. The molecule has 43 heavy (non-hydrogen) atoms. The summed E-state index contributed by atoms with van der Waals surface area (Å²) in [5.74, 6) is -0.526. The minimum Gasteiger partial charge on any atom is -0.444 e. The number of aromatic amines is 1.